The van der Waals surface area contributed by atoms with Crippen LogP contribution < -0.4 is 0 Å². The van der Waals surface area contributed by atoms with E-state index in [9.17, 15) is 9.59 Å². The molecule has 1 fully saturated rings. The lowest BCUT2D eigenvalue weighted by atomic mass is 9.82. The summed E-state index contributed by atoms with van der Waals surface area (Å²) in [6, 6.07) is 0. The highest BCUT2D eigenvalue weighted by atomic mass is 16.6. The lowest BCUT2D eigenvalue weighted by Crippen LogP contribution is -2.20. The lowest BCUT2D eigenvalue weighted by molar-refractivity contribution is -0.153. The fraction of sp³-hybridized carbons (Fsp3) is 0.400. The second-order valence-corrected chi connectivity index (χ2v) is 3.54. The Bertz CT molecular complexity index is 349. The number of allylic oxidation sites excluding steroid dienone is 2. The Balaban J connectivity index is 2.44. The third kappa shape index (κ3) is 1.11. The Hall–Kier alpha value is -1.38. The maximum atomic E-state index is 11.2. The zero-order valence-electron chi connectivity index (χ0n) is 7.53. The highest BCUT2D eigenvalue weighted by Crippen LogP contribution is 2.35. The summed E-state index contributed by atoms with van der Waals surface area (Å²) in [5.74, 6) is -1.57. The van der Waals surface area contributed by atoms with E-state index in [4.69, 9.17) is 0 Å². The average molecular weight is 178 g/mol. The van der Waals surface area contributed by atoms with Gasteiger partial charge in [-0.25, -0.2) is 0 Å². The monoisotopic (exact) mass is 178 g/mol. The zero-order valence-corrected chi connectivity index (χ0v) is 7.53. The number of cyclic esters (lactones) is 2. The van der Waals surface area contributed by atoms with Gasteiger partial charge in [0.2, 0.25) is 0 Å². The van der Waals surface area contributed by atoms with Crippen LogP contribution in [0.15, 0.2) is 23.3 Å². The summed E-state index contributed by atoms with van der Waals surface area (Å²) in [5, 5.41) is 0. The van der Waals surface area contributed by atoms with Crippen molar-refractivity contribution in [2.75, 3.05) is 0 Å². The maximum absolute atomic E-state index is 11.2. The van der Waals surface area contributed by atoms with Gasteiger partial charge in [-0.1, -0.05) is 23.3 Å². The summed E-state index contributed by atoms with van der Waals surface area (Å²) < 4.78 is 4.56. The molecule has 2 rings (SSSR count). The highest BCUT2D eigenvalue weighted by molar-refractivity contribution is 5.99. The third-order valence-electron chi connectivity index (χ3n) is 2.47. The first-order valence-electron chi connectivity index (χ1n) is 4.22. The topological polar surface area (TPSA) is 43.4 Å². The summed E-state index contributed by atoms with van der Waals surface area (Å²) in [7, 11) is 0. The Morgan fingerprint density at radius 3 is 2.62 bits per heavy atom. The minimum absolute atomic E-state index is 0.365. The summed E-state index contributed by atoms with van der Waals surface area (Å²) in [5.41, 5.74) is 1.94. The molecular formula is C10H10O3. The molecule has 0 radical (unpaired) electrons. The summed E-state index contributed by atoms with van der Waals surface area (Å²) in [6.07, 6.45) is 3.71. The molecule has 2 atom stereocenters. The number of rotatable bonds is 0. The van der Waals surface area contributed by atoms with Crippen LogP contribution in [0.1, 0.15) is 13.8 Å². The molecule has 0 aromatic carbocycles. The molecule has 0 aromatic heterocycles. The average Bonchev–Trinajstić information content (AvgIpc) is 2.27. The van der Waals surface area contributed by atoms with Crippen LogP contribution in [0.3, 0.4) is 0 Å². The molecule has 1 saturated heterocycles. The standard InChI is InChI=1S/C10H10O3/c1-5-3-6(2)8-7(4-5)9(11)13-10(8)12/h3-4,7-8H,1-2H3. The second kappa shape index (κ2) is 2.55. The van der Waals surface area contributed by atoms with Crippen molar-refractivity contribution in [2.24, 2.45) is 11.8 Å². The highest BCUT2D eigenvalue weighted by Gasteiger charge is 2.45. The number of hydrogen-bond acceptors (Lipinski definition) is 3. The molecular weight excluding hydrogens is 168 g/mol. The van der Waals surface area contributed by atoms with Gasteiger partial charge < -0.3 is 4.74 Å². The number of esters is 2. The van der Waals surface area contributed by atoms with Crippen molar-refractivity contribution in [3.63, 3.8) is 0 Å². The van der Waals surface area contributed by atoms with E-state index >= 15 is 0 Å². The number of fused-ring (bicyclic) bond motifs is 1. The molecule has 1 aliphatic heterocycles. The molecule has 2 unspecified atom stereocenters. The first-order valence-corrected chi connectivity index (χ1v) is 4.22. The summed E-state index contributed by atoms with van der Waals surface area (Å²) in [4.78, 5) is 22.4. The molecule has 0 amide bonds. The van der Waals surface area contributed by atoms with E-state index in [1.165, 1.54) is 0 Å². The van der Waals surface area contributed by atoms with Crippen LogP contribution >= 0.6 is 0 Å². The van der Waals surface area contributed by atoms with E-state index in [1.807, 2.05) is 19.9 Å². The number of hydrogen-bond donors (Lipinski definition) is 0. The van der Waals surface area contributed by atoms with Crippen molar-refractivity contribution < 1.29 is 14.3 Å². The van der Waals surface area contributed by atoms with Crippen LogP contribution in [0.5, 0.6) is 0 Å². The van der Waals surface area contributed by atoms with Gasteiger partial charge in [-0.3, -0.25) is 9.59 Å². The van der Waals surface area contributed by atoms with Crippen molar-refractivity contribution in [1.82, 2.24) is 0 Å². The first kappa shape index (κ1) is 8.23. The second-order valence-electron chi connectivity index (χ2n) is 3.54. The predicted molar refractivity (Wildman–Crippen MR) is 45.6 cm³/mol. The third-order valence-corrected chi connectivity index (χ3v) is 2.47. The summed E-state index contributed by atoms with van der Waals surface area (Å²) in [6.45, 7) is 3.77. The molecule has 68 valence electrons. The normalized spacial score (nSPS) is 32.2. The van der Waals surface area contributed by atoms with Gasteiger partial charge in [0, 0.05) is 0 Å². The van der Waals surface area contributed by atoms with Gasteiger partial charge >= 0.3 is 11.9 Å². The van der Waals surface area contributed by atoms with E-state index in [-0.39, 0.29) is 11.8 Å². The number of ether oxygens (including phenoxy) is 1. The van der Waals surface area contributed by atoms with Crippen LogP contribution in [0, 0.1) is 11.8 Å². The van der Waals surface area contributed by atoms with Gasteiger partial charge in [-0.2, -0.15) is 0 Å². The van der Waals surface area contributed by atoms with Gasteiger partial charge in [0.05, 0.1) is 11.8 Å². The molecule has 1 aliphatic carbocycles. The predicted octanol–water partition coefficient (Wildman–Crippen LogP) is 1.21. The first-order chi connectivity index (χ1) is 6.09. The van der Waals surface area contributed by atoms with Crippen LogP contribution in [0.4, 0.5) is 0 Å². The molecule has 0 saturated carbocycles. The molecule has 0 aromatic rings. The van der Waals surface area contributed by atoms with Crippen LogP contribution in [0.25, 0.3) is 0 Å². The number of carbonyl (C=O) groups is 2. The fourth-order valence-electron chi connectivity index (χ4n) is 1.93. The summed E-state index contributed by atoms with van der Waals surface area (Å²) >= 11 is 0. The lowest BCUT2D eigenvalue weighted by Gasteiger charge is -2.16. The molecule has 13 heavy (non-hydrogen) atoms. The fourth-order valence-corrected chi connectivity index (χ4v) is 1.93. The van der Waals surface area contributed by atoms with Crippen molar-refractivity contribution in [2.45, 2.75) is 13.8 Å². The van der Waals surface area contributed by atoms with Crippen LogP contribution in [-0.4, -0.2) is 11.9 Å². The Labute approximate surface area is 76.1 Å². The van der Waals surface area contributed by atoms with Gasteiger partial charge in [-0.15, -0.1) is 0 Å². The van der Waals surface area contributed by atoms with Crippen molar-refractivity contribution in [1.29, 1.82) is 0 Å². The van der Waals surface area contributed by atoms with Gasteiger partial charge in [0.1, 0.15) is 0 Å². The van der Waals surface area contributed by atoms with Gasteiger partial charge in [-0.05, 0) is 13.8 Å². The largest absolute Gasteiger partial charge is 0.392 e. The quantitative estimate of drug-likeness (QED) is 0.413. The van der Waals surface area contributed by atoms with E-state index < -0.39 is 11.9 Å². The van der Waals surface area contributed by atoms with Crippen molar-refractivity contribution >= 4 is 11.9 Å². The number of carbonyl (C=O) groups excluding carboxylic acids is 2. The van der Waals surface area contributed by atoms with E-state index in [2.05, 4.69) is 4.74 Å². The van der Waals surface area contributed by atoms with Crippen molar-refractivity contribution in [3.05, 3.63) is 23.3 Å². The molecule has 0 N–H and O–H groups in total. The molecule has 0 spiro atoms. The minimum atomic E-state index is -0.415. The van der Waals surface area contributed by atoms with Crippen molar-refractivity contribution in [3.8, 4) is 0 Å². The SMILES string of the molecule is CC1=CC2C(=O)OC(=O)C2C(C)=C1. The molecule has 1 heterocycles. The Kier molecular flexibility index (Phi) is 1.62. The van der Waals surface area contributed by atoms with Gasteiger partial charge in [0.15, 0.2) is 0 Å². The maximum Gasteiger partial charge on any atom is 0.321 e. The Morgan fingerprint density at radius 2 is 1.92 bits per heavy atom. The molecule has 2 aliphatic rings. The van der Waals surface area contributed by atoms with Gasteiger partial charge in [0.25, 0.3) is 0 Å². The van der Waals surface area contributed by atoms with E-state index in [1.54, 1.807) is 6.08 Å². The van der Waals surface area contributed by atoms with E-state index in [0.29, 0.717) is 0 Å². The van der Waals surface area contributed by atoms with Crippen LogP contribution in [0.2, 0.25) is 0 Å². The minimum Gasteiger partial charge on any atom is -0.392 e. The molecule has 3 heteroatoms. The smallest absolute Gasteiger partial charge is 0.321 e. The van der Waals surface area contributed by atoms with E-state index in [0.717, 1.165) is 11.1 Å². The van der Waals surface area contributed by atoms with Crippen LogP contribution in [-0.2, 0) is 14.3 Å². The Morgan fingerprint density at radius 1 is 1.23 bits per heavy atom. The zero-order chi connectivity index (χ0) is 9.59. The molecule has 0 bridgehead atoms. The molecule has 3 nitrogen and oxygen atoms in total.